The minimum absolute atomic E-state index is 0.120. The summed E-state index contributed by atoms with van der Waals surface area (Å²) in [4.78, 5) is 33.8. The first-order valence-electron chi connectivity index (χ1n) is 9.48. The van der Waals surface area contributed by atoms with Crippen LogP contribution in [0.15, 0.2) is 12.7 Å². The molecule has 0 radical (unpaired) electrons. The van der Waals surface area contributed by atoms with E-state index in [0.29, 0.717) is 0 Å². The lowest BCUT2D eigenvalue weighted by atomic mass is 10.1. The third-order valence-corrected chi connectivity index (χ3v) is 6.58. The molecule has 2 aromatic rings. The highest BCUT2D eigenvalue weighted by Gasteiger charge is 2.50. The van der Waals surface area contributed by atoms with Crippen LogP contribution in [0.1, 0.15) is 13.2 Å². The summed E-state index contributed by atoms with van der Waals surface area (Å²) in [6.07, 6.45) is -3.10. The smallest absolute Gasteiger partial charge is 0.405 e. The Morgan fingerprint density at radius 3 is 2.84 bits per heavy atom. The lowest BCUT2D eigenvalue weighted by Gasteiger charge is -2.30. The van der Waals surface area contributed by atoms with Gasteiger partial charge in [0, 0.05) is 20.0 Å². The third kappa shape index (κ3) is 4.40. The number of fused-ring (bicyclic) bond motifs is 1. The second-order valence-corrected chi connectivity index (χ2v) is 8.82. The highest BCUT2D eigenvalue weighted by atomic mass is 31.2. The molecule has 5 atom stereocenters. The molecule has 2 unspecified atom stereocenters. The summed E-state index contributed by atoms with van der Waals surface area (Å²) in [6.45, 7) is 1.59. The van der Waals surface area contributed by atoms with Crippen molar-refractivity contribution in [1.29, 1.82) is 0 Å². The molecule has 0 amide bonds. The first kappa shape index (κ1) is 22.0. The van der Waals surface area contributed by atoms with Gasteiger partial charge in [-0.05, 0) is 0 Å². The van der Waals surface area contributed by atoms with Crippen LogP contribution >= 0.6 is 7.75 Å². The molecule has 31 heavy (non-hydrogen) atoms. The van der Waals surface area contributed by atoms with Crippen molar-refractivity contribution in [3.05, 3.63) is 12.7 Å². The monoisotopic (exact) mass is 460 g/mol. The Balaban J connectivity index is 1.54. The van der Waals surface area contributed by atoms with E-state index in [2.05, 4.69) is 15.0 Å². The summed E-state index contributed by atoms with van der Waals surface area (Å²) in [7, 11) is -4.18. The number of nitrogens with zero attached hydrogens (tertiary/aromatic N) is 5. The number of aromatic nitrogens is 4. The number of nitrogens with two attached hydrogens (primary N) is 1. The fourth-order valence-corrected chi connectivity index (χ4v) is 4.66. The molecule has 13 nitrogen and oxygen atoms in total. The van der Waals surface area contributed by atoms with Gasteiger partial charge in [-0.3, -0.25) is 13.9 Å². The van der Waals surface area contributed by atoms with Crippen molar-refractivity contribution in [3.8, 4) is 0 Å². The SMILES string of the molecule is CC(=O)O[C@H]1C(F)[C@@H](COP(=O)(O)N2CCOCC2)O[C@H]1n1cnc2c(N)ncnc21. The van der Waals surface area contributed by atoms with Gasteiger partial charge in [0.1, 0.15) is 17.9 Å². The Hall–Kier alpha value is -2.22. The first-order valence-corrected chi connectivity index (χ1v) is 11.0. The van der Waals surface area contributed by atoms with Crippen LogP contribution in [0, 0.1) is 0 Å². The van der Waals surface area contributed by atoms with Gasteiger partial charge in [0.25, 0.3) is 0 Å². The van der Waals surface area contributed by atoms with E-state index >= 15 is 4.39 Å². The van der Waals surface area contributed by atoms with Gasteiger partial charge in [-0.25, -0.2) is 28.6 Å². The van der Waals surface area contributed by atoms with Crippen LogP contribution < -0.4 is 5.73 Å². The summed E-state index contributed by atoms with van der Waals surface area (Å²) < 4.78 is 51.5. The number of carbonyl (C=O) groups excluding carboxylic acids is 1. The fourth-order valence-electron chi connectivity index (χ4n) is 3.49. The van der Waals surface area contributed by atoms with Crippen LogP contribution in [0.4, 0.5) is 10.2 Å². The fraction of sp³-hybridized carbons (Fsp3) is 0.625. The second-order valence-electron chi connectivity index (χ2n) is 7.02. The third-order valence-electron chi connectivity index (χ3n) is 4.98. The van der Waals surface area contributed by atoms with Crippen molar-refractivity contribution < 1.29 is 37.4 Å². The highest BCUT2D eigenvalue weighted by molar-refractivity contribution is 7.50. The molecule has 4 heterocycles. The molecule has 0 bridgehead atoms. The van der Waals surface area contributed by atoms with Crippen LogP contribution in [0.25, 0.3) is 11.2 Å². The number of hydrogen-bond acceptors (Lipinski definition) is 10. The van der Waals surface area contributed by atoms with Crippen molar-refractivity contribution in [2.24, 2.45) is 0 Å². The van der Waals surface area contributed by atoms with E-state index in [1.54, 1.807) is 0 Å². The standard InChI is InChI=1S/C16H22FN6O7P/c1-9(24)29-13-11(17)10(6-28-31(25,26)22-2-4-27-5-3-22)30-16(13)23-8-21-12-14(18)19-7-20-15(12)23/h7-8,10-11,13,16H,2-6H2,1H3,(H,25,26)(H2,18,19,20)/t10-,11?,13+,16-/m1/s1. The number of nitrogen functional groups attached to an aromatic ring is 1. The van der Waals surface area contributed by atoms with Crippen LogP contribution in [-0.2, 0) is 28.1 Å². The van der Waals surface area contributed by atoms with Gasteiger partial charge in [0.2, 0.25) is 0 Å². The summed E-state index contributed by atoms with van der Waals surface area (Å²) in [5, 5.41) is 0. The second kappa shape index (κ2) is 8.73. The average molecular weight is 460 g/mol. The number of carbonyl (C=O) groups is 1. The number of rotatable bonds is 6. The predicted octanol–water partition coefficient (Wildman–Crippen LogP) is 0.0249. The molecule has 2 fully saturated rings. The lowest BCUT2D eigenvalue weighted by molar-refractivity contribution is -0.154. The molecule has 0 saturated carbocycles. The van der Waals surface area contributed by atoms with Crippen molar-refractivity contribution in [1.82, 2.24) is 24.2 Å². The Morgan fingerprint density at radius 2 is 2.13 bits per heavy atom. The van der Waals surface area contributed by atoms with E-state index in [1.165, 1.54) is 21.9 Å². The highest BCUT2D eigenvalue weighted by Crippen LogP contribution is 2.47. The Kier molecular flexibility index (Phi) is 6.19. The van der Waals surface area contributed by atoms with Crippen molar-refractivity contribution >= 4 is 30.7 Å². The Labute approximate surface area is 175 Å². The summed E-state index contributed by atoms with van der Waals surface area (Å²) >= 11 is 0. The van der Waals surface area contributed by atoms with Gasteiger partial charge in [0.15, 0.2) is 30.0 Å². The number of ether oxygens (including phenoxy) is 3. The number of hydrogen-bond donors (Lipinski definition) is 2. The molecule has 170 valence electrons. The quantitative estimate of drug-likeness (QED) is 0.439. The van der Waals surface area contributed by atoms with Gasteiger partial charge in [-0.15, -0.1) is 0 Å². The van der Waals surface area contributed by atoms with E-state index in [4.69, 9.17) is 24.5 Å². The molecule has 0 spiro atoms. The van der Waals surface area contributed by atoms with Crippen LogP contribution in [-0.4, -0.2) is 86.3 Å². The Morgan fingerprint density at radius 1 is 1.39 bits per heavy atom. The molecule has 2 aromatic heterocycles. The van der Waals surface area contributed by atoms with Gasteiger partial charge < -0.3 is 24.8 Å². The molecule has 2 aliphatic heterocycles. The zero-order valence-corrected chi connectivity index (χ0v) is 17.4. The zero-order valence-electron chi connectivity index (χ0n) is 16.5. The first-order chi connectivity index (χ1) is 14.8. The van der Waals surface area contributed by atoms with E-state index in [9.17, 15) is 14.3 Å². The number of alkyl halides is 1. The van der Waals surface area contributed by atoms with Gasteiger partial charge in [-0.1, -0.05) is 0 Å². The Bertz CT molecular complexity index is 1000. The van der Waals surface area contributed by atoms with Crippen molar-refractivity contribution in [2.75, 3.05) is 38.6 Å². The maximum absolute atomic E-state index is 15.2. The number of morpholine rings is 1. The molecule has 2 saturated heterocycles. The van der Waals surface area contributed by atoms with Crippen molar-refractivity contribution in [3.63, 3.8) is 0 Å². The molecule has 0 aliphatic carbocycles. The number of halogens is 1. The topological polar surface area (TPSA) is 164 Å². The normalized spacial score (nSPS) is 29.1. The molecule has 2 aliphatic rings. The molecule has 15 heteroatoms. The minimum atomic E-state index is -4.18. The minimum Gasteiger partial charge on any atom is -0.454 e. The average Bonchev–Trinajstić information content (AvgIpc) is 3.30. The van der Waals surface area contributed by atoms with Crippen LogP contribution in [0.5, 0.6) is 0 Å². The van der Waals surface area contributed by atoms with Crippen LogP contribution in [0.2, 0.25) is 0 Å². The number of esters is 1. The van der Waals surface area contributed by atoms with E-state index in [1.807, 2.05) is 0 Å². The summed E-state index contributed by atoms with van der Waals surface area (Å²) in [6, 6.07) is 0. The maximum Gasteiger partial charge on any atom is 0.405 e. The van der Waals surface area contributed by atoms with Gasteiger partial charge in [0.05, 0.1) is 26.1 Å². The molecular formula is C16H22FN6O7P. The molecule has 0 aromatic carbocycles. The molecular weight excluding hydrogens is 438 g/mol. The largest absolute Gasteiger partial charge is 0.454 e. The predicted molar refractivity (Wildman–Crippen MR) is 102 cm³/mol. The van der Waals surface area contributed by atoms with E-state index in [-0.39, 0.29) is 43.3 Å². The zero-order chi connectivity index (χ0) is 22.2. The molecule has 4 rings (SSSR count). The maximum atomic E-state index is 15.2. The summed E-state index contributed by atoms with van der Waals surface area (Å²) in [5.74, 6) is -0.600. The summed E-state index contributed by atoms with van der Waals surface area (Å²) in [5.41, 5.74) is 6.31. The van der Waals surface area contributed by atoms with E-state index < -0.39 is 44.9 Å². The van der Waals surface area contributed by atoms with Gasteiger partial charge >= 0.3 is 13.7 Å². The number of anilines is 1. The van der Waals surface area contributed by atoms with Crippen molar-refractivity contribution in [2.45, 2.75) is 31.5 Å². The van der Waals surface area contributed by atoms with Crippen LogP contribution in [0.3, 0.4) is 0 Å². The lowest BCUT2D eigenvalue weighted by Crippen LogP contribution is -2.36. The molecule has 3 N–H and O–H groups in total. The number of imidazole rings is 1. The van der Waals surface area contributed by atoms with Gasteiger partial charge in [-0.2, -0.15) is 0 Å². The van der Waals surface area contributed by atoms with E-state index in [0.717, 1.165) is 6.92 Å².